The van der Waals surface area contributed by atoms with Crippen LogP contribution in [0.3, 0.4) is 0 Å². The molecule has 3 rings (SSSR count). The number of carbonyl (C=O) groups is 1. The highest BCUT2D eigenvalue weighted by Gasteiger charge is 2.22. The summed E-state index contributed by atoms with van der Waals surface area (Å²) in [4.78, 5) is 21.1. The van der Waals surface area contributed by atoms with Crippen molar-refractivity contribution in [3.8, 4) is 11.3 Å². The molecule has 2 heterocycles. The highest BCUT2D eigenvalue weighted by Crippen LogP contribution is 2.21. The molecule has 0 aliphatic rings. The van der Waals surface area contributed by atoms with Gasteiger partial charge in [-0.05, 0) is 63.6 Å². The Kier molecular flexibility index (Phi) is 7.19. The topological polar surface area (TPSA) is 101 Å². The van der Waals surface area contributed by atoms with Crippen molar-refractivity contribution in [2.24, 2.45) is 0 Å². The molecular formula is C22H26N4O3S2. The number of thiazole rings is 1. The highest BCUT2D eigenvalue weighted by molar-refractivity contribution is 7.89. The second-order valence-corrected chi connectivity index (χ2v) is 10.7. The molecule has 0 saturated carbocycles. The fourth-order valence-corrected chi connectivity index (χ4v) is 5.14. The molecule has 9 heteroatoms. The van der Waals surface area contributed by atoms with Gasteiger partial charge >= 0.3 is 0 Å². The number of nitrogens with one attached hydrogen (secondary N) is 2. The minimum Gasteiger partial charge on any atom is -0.352 e. The molecule has 31 heavy (non-hydrogen) atoms. The molecule has 0 spiro atoms. The van der Waals surface area contributed by atoms with Gasteiger partial charge in [-0.15, -0.1) is 11.3 Å². The average Bonchev–Trinajstić information content (AvgIpc) is 3.19. The molecule has 2 aromatic heterocycles. The highest BCUT2D eigenvalue weighted by atomic mass is 32.2. The fraction of sp³-hybridized carbons (Fsp3) is 0.318. The molecule has 1 amide bonds. The zero-order valence-electron chi connectivity index (χ0n) is 17.8. The summed E-state index contributed by atoms with van der Waals surface area (Å²) in [6.45, 7) is 5.84. The second-order valence-electron chi connectivity index (χ2n) is 8.10. The van der Waals surface area contributed by atoms with E-state index in [1.165, 1.54) is 24.3 Å². The van der Waals surface area contributed by atoms with Gasteiger partial charge in [-0.1, -0.05) is 0 Å². The maximum atomic E-state index is 12.3. The van der Waals surface area contributed by atoms with Crippen molar-refractivity contribution >= 4 is 27.3 Å². The molecule has 7 nitrogen and oxygen atoms in total. The maximum absolute atomic E-state index is 12.3. The van der Waals surface area contributed by atoms with Crippen molar-refractivity contribution in [3.63, 3.8) is 0 Å². The number of carbonyl (C=O) groups excluding carboxylic acids is 1. The quantitative estimate of drug-likeness (QED) is 0.502. The van der Waals surface area contributed by atoms with E-state index in [1.807, 2.05) is 17.5 Å². The van der Waals surface area contributed by atoms with E-state index in [0.29, 0.717) is 12.1 Å². The molecule has 0 fully saturated rings. The van der Waals surface area contributed by atoms with Gasteiger partial charge in [-0.3, -0.25) is 9.78 Å². The summed E-state index contributed by atoms with van der Waals surface area (Å²) < 4.78 is 27.3. The lowest BCUT2D eigenvalue weighted by atomic mass is 10.1. The summed E-state index contributed by atoms with van der Waals surface area (Å²) in [6.07, 6.45) is 5.02. The van der Waals surface area contributed by atoms with Crippen LogP contribution in [0, 0.1) is 0 Å². The summed E-state index contributed by atoms with van der Waals surface area (Å²) in [5.41, 5.74) is 1.81. The Labute approximate surface area is 187 Å². The minimum absolute atomic E-state index is 0.132. The number of benzene rings is 1. The van der Waals surface area contributed by atoms with Gasteiger partial charge in [0.1, 0.15) is 0 Å². The Morgan fingerprint density at radius 3 is 2.39 bits per heavy atom. The number of hydrogen-bond acceptors (Lipinski definition) is 6. The number of nitrogens with zero attached hydrogens (tertiary/aromatic N) is 2. The van der Waals surface area contributed by atoms with Crippen LogP contribution in [0.1, 0.15) is 42.6 Å². The van der Waals surface area contributed by atoms with Crippen LogP contribution >= 0.6 is 11.3 Å². The first-order valence-corrected chi connectivity index (χ1v) is 12.3. The fourth-order valence-electron chi connectivity index (χ4n) is 2.87. The number of hydrogen-bond donors (Lipinski definition) is 2. The van der Waals surface area contributed by atoms with E-state index in [-0.39, 0.29) is 10.8 Å². The lowest BCUT2D eigenvalue weighted by Gasteiger charge is -2.20. The summed E-state index contributed by atoms with van der Waals surface area (Å²) in [5.74, 6) is -0.232. The summed E-state index contributed by atoms with van der Waals surface area (Å²) in [7, 11) is -3.62. The van der Waals surface area contributed by atoms with Crippen LogP contribution in [0.25, 0.3) is 11.3 Å². The van der Waals surface area contributed by atoms with Gasteiger partial charge < -0.3 is 5.32 Å². The van der Waals surface area contributed by atoms with E-state index in [2.05, 4.69) is 20.0 Å². The van der Waals surface area contributed by atoms with Crippen LogP contribution in [0.2, 0.25) is 0 Å². The molecule has 0 atom stereocenters. The van der Waals surface area contributed by atoms with Crippen LogP contribution in [-0.2, 0) is 16.4 Å². The first-order chi connectivity index (χ1) is 14.6. The Hall–Kier alpha value is -2.62. The maximum Gasteiger partial charge on any atom is 0.251 e. The molecule has 3 aromatic rings. The lowest BCUT2D eigenvalue weighted by molar-refractivity contribution is 0.0953. The van der Waals surface area contributed by atoms with Gasteiger partial charge in [-0.2, -0.15) is 0 Å². The van der Waals surface area contributed by atoms with Crippen molar-refractivity contribution in [2.75, 3.05) is 6.54 Å². The number of amides is 1. The standard InChI is InChI=1S/C22H26N4O3S2/c1-22(2,3)26-31(28,29)18-8-6-17(7-9-18)21(27)24-12-4-5-20-25-19(15-30-20)16-10-13-23-14-11-16/h6-11,13-15,26H,4-5,12H2,1-3H3,(H,24,27). The molecule has 0 radical (unpaired) electrons. The van der Waals surface area contributed by atoms with E-state index >= 15 is 0 Å². The Balaban J connectivity index is 1.48. The van der Waals surface area contributed by atoms with Gasteiger partial charge in [0.25, 0.3) is 5.91 Å². The lowest BCUT2D eigenvalue weighted by Crippen LogP contribution is -2.40. The first-order valence-electron chi connectivity index (χ1n) is 9.91. The second kappa shape index (κ2) is 9.67. The number of rotatable bonds is 8. The van der Waals surface area contributed by atoms with Gasteiger partial charge in [0.05, 0.1) is 15.6 Å². The average molecular weight is 459 g/mol. The van der Waals surface area contributed by atoms with Crippen LogP contribution in [0.4, 0.5) is 0 Å². The SMILES string of the molecule is CC(C)(C)NS(=O)(=O)c1ccc(C(=O)NCCCc2nc(-c3ccncc3)cs2)cc1. The van der Waals surface area contributed by atoms with E-state index in [4.69, 9.17) is 0 Å². The minimum atomic E-state index is -3.62. The van der Waals surface area contributed by atoms with Gasteiger partial charge in [0, 0.05) is 47.4 Å². The van der Waals surface area contributed by atoms with Crippen LogP contribution < -0.4 is 10.0 Å². The first kappa shape index (κ1) is 23.1. The zero-order chi connectivity index (χ0) is 22.5. The van der Waals surface area contributed by atoms with Gasteiger partial charge in [-0.25, -0.2) is 18.1 Å². The van der Waals surface area contributed by atoms with E-state index < -0.39 is 15.6 Å². The van der Waals surface area contributed by atoms with Gasteiger partial charge in [0.2, 0.25) is 10.0 Å². The third kappa shape index (κ3) is 6.68. The largest absolute Gasteiger partial charge is 0.352 e. The predicted octanol–water partition coefficient (Wildman–Crippen LogP) is 3.64. The Morgan fingerprint density at radius 1 is 1.06 bits per heavy atom. The van der Waals surface area contributed by atoms with Crippen molar-refractivity contribution < 1.29 is 13.2 Å². The summed E-state index contributed by atoms with van der Waals surface area (Å²) in [5, 5.41) is 5.91. The molecular weight excluding hydrogens is 432 g/mol. The van der Waals surface area contributed by atoms with E-state index in [0.717, 1.165) is 29.1 Å². The van der Waals surface area contributed by atoms with Crippen molar-refractivity contribution in [1.29, 1.82) is 0 Å². The normalized spacial score (nSPS) is 12.0. The van der Waals surface area contributed by atoms with Gasteiger partial charge in [0.15, 0.2) is 0 Å². The van der Waals surface area contributed by atoms with E-state index in [9.17, 15) is 13.2 Å². The number of pyridine rings is 1. The van der Waals surface area contributed by atoms with Crippen LogP contribution in [0.5, 0.6) is 0 Å². The number of aryl methyl sites for hydroxylation is 1. The molecule has 0 aliphatic carbocycles. The molecule has 0 bridgehead atoms. The molecule has 2 N–H and O–H groups in total. The Bertz CT molecular complexity index is 1120. The third-order valence-electron chi connectivity index (χ3n) is 4.25. The molecule has 164 valence electrons. The van der Waals surface area contributed by atoms with Crippen LogP contribution in [-0.4, -0.2) is 36.4 Å². The molecule has 0 unspecified atom stereocenters. The van der Waals surface area contributed by atoms with Crippen molar-refractivity contribution in [1.82, 2.24) is 20.0 Å². The predicted molar refractivity (Wildman–Crippen MR) is 123 cm³/mol. The van der Waals surface area contributed by atoms with Crippen LogP contribution in [0.15, 0.2) is 59.1 Å². The molecule has 0 saturated heterocycles. The third-order valence-corrected chi connectivity index (χ3v) is 6.93. The summed E-state index contributed by atoms with van der Waals surface area (Å²) in [6, 6.07) is 9.78. The van der Waals surface area contributed by atoms with E-state index in [1.54, 1.807) is 44.5 Å². The number of sulfonamides is 1. The van der Waals surface area contributed by atoms with Crippen molar-refractivity contribution in [3.05, 3.63) is 64.7 Å². The zero-order valence-corrected chi connectivity index (χ0v) is 19.4. The molecule has 1 aromatic carbocycles. The summed E-state index contributed by atoms with van der Waals surface area (Å²) >= 11 is 1.60. The van der Waals surface area contributed by atoms with Crippen molar-refractivity contribution in [2.45, 2.75) is 44.0 Å². The molecule has 0 aliphatic heterocycles. The Morgan fingerprint density at radius 2 is 1.74 bits per heavy atom. The number of aromatic nitrogens is 2. The smallest absolute Gasteiger partial charge is 0.251 e. The monoisotopic (exact) mass is 458 g/mol.